The van der Waals surface area contributed by atoms with Crippen molar-refractivity contribution >= 4 is 28.8 Å². The number of thiophene rings is 1. The lowest BCUT2D eigenvalue weighted by Gasteiger charge is -2.31. The molecule has 0 aromatic carbocycles. The summed E-state index contributed by atoms with van der Waals surface area (Å²) in [7, 11) is 1.93. The second-order valence-electron chi connectivity index (χ2n) is 4.69. The molecule has 1 aromatic heterocycles. The molecule has 0 saturated carbocycles. The maximum Gasteiger partial charge on any atom is 0.222 e. The highest BCUT2D eigenvalue weighted by Gasteiger charge is 2.21. The number of amides is 1. The van der Waals surface area contributed by atoms with Crippen LogP contribution in [0.3, 0.4) is 0 Å². The predicted octanol–water partition coefficient (Wildman–Crippen LogP) is 2.54. The van der Waals surface area contributed by atoms with Gasteiger partial charge in [0.1, 0.15) is 0 Å². The molecule has 1 aliphatic rings. The third-order valence-electron chi connectivity index (χ3n) is 3.46. The van der Waals surface area contributed by atoms with Gasteiger partial charge in [0.05, 0.1) is 4.34 Å². The van der Waals surface area contributed by atoms with Gasteiger partial charge < -0.3 is 10.2 Å². The summed E-state index contributed by atoms with van der Waals surface area (Å²) in [5.41, 5.74) is 0. The number of hydrogen-bond donors (Lipinski definition) is 1. The Hall–Kier alpha value is -0.580. The molecule has 0 bridgehead atoms. The lowest BCUT2D eigenvalue weighted by atomic mass is 10.0. The van der Waals surface area contributed by atoms with E-state index < -0.39 is 0 Å². The van der Waals surface area contributed by atoms with E-state index >= 15 is 0 Å². The van der Waals surface area contributed by atoms with Gasteiger partial charge in [-0.25, -0.2) is 0 Å². The maximum atomic E-state index is 12.1. The SMILES string of the molecule is CN(C(=O)CCc1ccc(Cl)s1)C1CCNCC1. The zero-order valence-corrected chi connectivity index (χ0v) is 12.2. The molecule has 1 fully saturated rings. The first kappa shape index (κ1) is 13.8. The molecule has 100 valence electrons. The molecular formula is C13H19ClN2OS. The number of nitrogens with zero attached hydrogens (tertiary/aromatic N) is 1. The van der Waals surface area contributed by atoms with Crippen molar-refractivity contribution in [2.75, 3.05) is 20.1 Å². The molecule has 3 nitrogen and oxygen atoms in total. The number of carbonyl (C=O) groups excluding carboxylic acids is 1. The average Bonchev–Trinajstić information content (AvgIpc) is 2.82. The summed E-state index contributed by atoms with van der Waals surface area (Å²) < 4.78 is 0.796. The summed E-state index contributed by atoms with van der Waals surface area (Å²) in [6, 6.07) is 4.30. The fourth-order valence-corrected chi connectivity index (χ4v) is 3.38. The smallest absolute Gasteiger partial charge is 0.222 e. The number of carbonyl (C=O) groups is 1. The second kappa shape index (κ2) is 6.55. The summed E-state index contributed by atoms with van der Waals surface area (Å²) >= 11 is 7.44. The number of nitrogens with one attached hydrogen (secondary N) is 1. The van der Waals surface area contributed by atoms with Gasteiger partial charge in [0.15, 0.2) is 0 Å². The van der Waals surface area contributed by atoms with Crippen LogP contribution in [0.2, 0.25) is 4.34 Å². The van der Waals surface area contributed by atoms with Crippen molar-refractivity contribution in [2.24, 2.45) is 0 Å². The Bertz CT molecular complexity index is 401. The summed E-state index contributed by atoms with van der Waals surface area (Å²) in [4.78, 5) is 15.2. The summed E-state index contributed by atoms with van der Waals surface area (Å²) in [5.74, 6) is 0.242. The molecule has 2 rings (SSSR count). The van der Waals surface area contributed by atoms with Gasteiger partial charge in [-0.1, -0.05) is 11.6 Å². The van der Waals surface area contributed by atoms with Gasteiger partial charge in [-0.3, -0.25) is 4.79 Å². The van der Waals surface area contributed by atoms with Crippen LogP contribution < -0.4 is 5.32 Å². The zero-order chi connectivity index (χ0) is 13.0. The fraction of sp³-hybridized carbons (Fsp3) is 0.615. The largest absolute Gasteiger partial charge is 0.343 e. The number of piperidine rings is 1. The molecule has 0 aliphatic carbocycles. The minimum Gasteiger partial charge on any atom is -0.343 e. The van der Waals surface area contributed by atoms with E-state index in [2.05, 4.69) is 5.32 Å². The molecular weight excluding hydrogens is 268 g/mol. The van der Waals surface area contributed by atoms with Gasteiger partial charge in [-0.15, -0.1) is 11.3 Å². The van der Waals surface area contributed by atoms with E-state index in [9.17, 15) is 4.79 Å². The van der Waals surface area contributed by atoms with Crippen LogP contribution in [-0.2, 0) is 11.2 Å². The van der Waals surface area contributed by atoms with E-state index in [-0.39, 0.29) is 5.91 Å². The van der Waals surface area contributed by atoms with E-state index in [1.165, 1.54) is 4.88 Å². The van der Waals surface area contributed by atoms with Gasteiger partial charge in [-0.2, -0.15) is 0 Å². The second-order valence-corrected chi connectivity index (χ2v) is 6.49. The standard InChI is InChI=1S/C13H19ClN2OS/c1-16(10-6-8-15-9-7-10)13(17)5-3-11-2-4-12(14)18-11/h2,4,10,15H,3,5-9H2,1H3. The summed E-state index contributed by atoms with van der Waals surface area (Å²) in [5, 5.41) is 3.32. The molecule has 0 radical (unpaired) electrons. The fourth-order valence-electron chi connectivity index (χ4n) is 2.29. The first-order valence-electron chi connectivity index (χ1n) is 6.37. The number of halogens is 1. The van der Waals surface area contributed by atoms with Gasteiger partial charge in [-0.05, 0) is 44.5 Å². The van der Waals surface area contributed by atoms with Crippen molar-refractivity contribution in [3.05, 3.63) is 21.3 Å². The van der Waals surface area contributed by atoms with E-state index in [0.717, 1.165) is 36.7 Å². The molecule has 1 aromatic rings. The Morgan fingerprint density at radius 1 is 1.50 bits per heavy atom. The van der Waals surface area contributed by atoms with E-state index in [1.54, 1.807) is 11.3 Å². The van der Waals surface area contributed by atoms with Crippen molar-refractivity contribution in [2.45, 2.75) is 31.7 Å². The lowest BCUT2D eigenvalue weighted by molar-refractivity contribution is -0.132. The van der Waals surface area contributed by atoms with Crippen LogP contribution in [-0.4, -0.2) is 37.0 Å². The number of hydrogen-bond acceptors (Lipinski definition) is 3. The molecule has 0 spiro atoms. The van der Waals surface area contributed by atoms with Crippen LogP contribution >= 0.6 is 22.9 Å². The molecule has 18 heavy (non-hydrogen) atoms. The van der Waals surface area contributed by atoms with Crippen LogP contribution in [0.4, 0.5) is 0 Å². The molecule has 1 saturated heterocycles. The van der Waals surface area contributed by atoms with Crippen LogP contribution in [0.5, 0.6) is 0 Å². The molecule has 1 amide bonds. The average molecular weight is 287 g/mol. The van der Waals surface area contributed by atoms with Crippen molar-refractivity contribution in [1.29, 1.82) is 0 Å². The quantitative estimate of drug-likeness (QED) is 0.923. The van der Waals surface area contributed by atoms with Crippen LogP contribution in [0.25, 0.3) is 0 Å². The molecule has 1 aliphatic heterocycles. The monoisotopic (exact) mass is 286 g/mol. The maximum absolute atomic E-state index is 12.1. The highest BCUT2D eigenvalue weighted by atomic mass is 35.5. The van der Waals surface area contributed by atoms with Crippen molar-refractivity contribution in [3.8, 4) is 0 Å². The number of aryl methyl sites for hydroxylation is 1. The van der Waals surface area contributed by atoms with Crippen LogP contribution in [0.1, 0.15) is 24.1 Å². The molecule has 0 atom stereocenters. The highest BCUT2D eigenvalue weighted by molar-refractivity contribution is 7.16. The normalized spacial score (nSPS) is 16.8. The minimum absolute atomic E-state index is 0.242. The van der Waals surface area contributed by atoms with Gasteiger partial charge in [0.2, 0.25) is 5.91 Å². The Balaban J connectivity index is 1.79. The minimum atomic E-state index is 0.242. The van der Waals surface area contributed by atoms with Crippen molar-refractivity contribution in [3.63, 3.8) is 0 Å². The number of rotatable bonds is 4. The molecule has 2 heterocycles. The van der Waals surface area contributed by atoms with Gasteiger partial charge >= 0.3 is 0 Å². The Morgan fingerprint density at radius 2 is 2.22 bits per heavy atom. The van der Waals surface area contributed by atoms with Gasteiger partial charge in [0.25, 0.3) is 0 Å². The zero-order valence-electron chi connectivity index (χ0n) is 10.6. The lowest BCUT2D eigenvalue weighted by Crippen LogP contribution is -2.44. The Labute approximate surface area is 117 Å². The van der Waals surface area contributed by atoms with Gasteiger partial charge in [0, 0.05) is 24.4 Å². The van der Waals surface area contributed by atoms with Crippen LogP contribution in [0.15, 0.2) is 12.1 Å². The predicted molar refractivity (Wildman–Crippen MR) is 76.3 cm³/mol. The molecule has 0 unspecified atom stereocenters. The topological polar surface area (TPSA) is 32.3 Å². The molecule has 1 N–H and O–H groups in total. The third-order valence-corrected chi connectivity index (χ3v) is 4.75. The van der Waals surface area contributed by atoms with Crippen molar-refractivity contribution in [1.82, 2.24) is 10.2 Å². The first-order chi connectivity index (χ1) is 8.66. The Morgan fingerprint density at radius 3 is 2.83 bits per heavy atom. The third kappa shape index (κ3) is 3.70. The highest BCUT2D eigenvalue weighted by Crippen LogP contribution is 2.23. The molecule has 5 heteroatoms. The first-order valence-corrected chi connectivity index (χ1v) is 7.57. The van der Waals surface area contributed by atoms with E-state index in [0.29, 0.717) is 12.5 Å². The van der Waals surface area contributed by atoms with Crippen molar-refractivity contribution < 1.29 is 4.79 Å². The summed E-state index contributed by atoms with van der Waals surface area (Å²) in [6.45, 7) is 2.03. The van der Waals surface area contributed by atoms with E-state index in [1.807, 2.05) is 24.1 Å². The van der Waals surface area contributed by atoms with E-state index in [4.69, 9.17) is 11.6 Å². The Kier molecular flexibility index (Phi) is 5.03. The van der Waals surface area contributed by atoms with Crippen LogP contribution in [0, 0.1) is 0 Å². The summed E-state index contributed by atoms with van der Waals surface area (Å²) in [6.07, 6.45) is 3.50.